The zero-order valence-corrected chi connectivity index (χ0v) is 18.9. The number of nitrogens with one attached hydrogen (secondary N) is 1. The second-order valence-electron chi connectivity index (χ2n) is 9.90. The van der Waals surface area contributed by atoms with Crippen LogP contribution in [0.5, 0.6) is 0 Å². The van der Waals surface area contributed by atoms with Crippen LogP contribution >= 0.6 is 11.6 Å². The van der Waals surface area contributed by atoms with Crippen molar-refractivity contribution in [3.63, 3.8) is 0 Å². The Bertz CT molecular complexity index is 1190. The van der Waals surface area contributed by atoms with Crippen molar-refractivity contribution in [2.45, 2.75) is 51.4 Å². The van der Waals surface area contributed by atoms with Crippen LogP contribution in [0.4, 0.5) is 16.3 Å². The van der Waals surface area contributed by atoms with Crippen LogP contribution in [-0.2, 0) is 14.3 Å². The fraction of sp³-hybridized carbons (Fsp3) is 0.565. The molecule has 33 heavy (non-hydrogen) atoms. The molecular formula is C23H25ClN5O4+. The molecule has 3 aliphatic carbocycles. The van der Waals surface area contributed by atoms with Crippen molar-refractivity contribution in [3.8, 4) is 0 Å². The van der Waals surface area contributed by atoms with E-state index in [0.717, 1.165) is 19.3 Å². The lowest BCUT2D eigenvalue weighted by atomic mass is 9.62. The summed E-state index contributed by atoms with van der Waals surface area (Å²) in [6.07, 6.45) is 7.26. The van der Waals surface area contributed by atoms with Crippen LogP contribution in [0.1, 0.15) is 57.2 Å². The molecule has 3 atom stereocenters. The summed E-state index contributed by atoms with van der Waals surface area (Å²) >= 11 is 6.40. The number of nitrogens with two attached hydrogens (primary N) is 1. The minimum atomic E-state index is -0.961. The Morgan fingerprint density at radius 1 is 1.18 bits per heavy atom. The fourth-order valence-corrected chi connectivity index (χ4v) is 6.14. The predicted octanol–water partition coefficient (Wildman–Crippen LogP) is 2.98. The van der Waals surface area contributed by atoms with Gasteiger partial charge in [0.1, 0.15) is 11.5 Å². The van der Waals surface area contributed by atoms with E-state index in [9.17, 15) is 14.4 Å². The van der Waals surface area contributed by atoms with Crippen molar-refractivity contribution in [3.05, 3.63) is 16.6 Å². The number of carbonyl (C=O) groups excluding carboxylic acids is 3. The van der Waals surface area contributed by atoms with E-state index in [4.69, 9.17) is 22.1 Å². The first-order valence-corrected chi connectivity index (χ1v) is 11.9. The van der Waals surface area contributed by atoms with Crippen LogP contribution in [0, 0.1) is 16.7 Å². The number of carbonyl (C=O) groups is 3. The number of Topliss-reactive ketones (excluding diaryl/α,β-unsaturated/α-hetero) is 2. The Morgan fingerprint density at radius 3 is 2.73 bits per heavy atom. The number of rotatable bonds is 2. The fourth-order valence-electron chi connectivity index (χ4n) is 5.92. The highest BCUT2D eigenvalue weighted by molar-refractivity contribution is 6.33. The monoisotopic (exact) mass is 470 g/mol. The van der Waals surface area contributed by atoms with Gasteiger partial charge in [-0.25, -0.2) is 10.1 Å². The zero-order chi connectivity index (χ0) is 23.0. The Morgan fingerprint density at radius 2 is 2.00 bits per heavy atom. The molecule has 6 rings (SSSR count). The molecule has 1 aromatic rings. The van der Waals surface area contributed by atoms with Gasteiger partial charge in [0.15, 0.2) is 10.9 Å². The molecule has 1 spiro atoms. The number of hydrogen-bond acceptors (Lipinski definition) is 7. The number of ketones is 2. The number of allylic oxidation sites excluding steroid dienone is 1. The summed E-state index contributed by atoms with van der Waals surface area (Å²) in [6, 6.07) is -0.364. The van der Waals surface area contributed by atoms with E-state index >= 15 is 0 Å². The lowest BCUT2D eigenvalue weighted by molar-refractivity contribution is -0.323. The molecule has 5 aliphatic rings. The van der Waals surface area contributed by atoms with E-state index in [0.29, 0.717) is 68.3 Å². The molecule has 1 aromatic heterocycles. The number of ether oxygens (including phenoxy) is 1. The number of fused-ring (bicyclic) bond motifs is 2. The summed E-state index contributed by atoms with van der Waals surface area (Å²) in [4.78, 5) is 47.8. The number of urea groups is 1. The number of halogens is 1. The minimum absolute atomic E-state index is 0.0178. The lowest BCUT2D eigenvalue weighted by Gasteiger charge is -2.38. The molecule has 3 saturated carbocycles. The van der Waals surface area contributed by atoms with Crippen LogP contribution < -0.4 is 11.1 Å². The summed E-state index contributed by atoms with van der Waals surface area (Å²) in [7, 11) is 0. The van der Waals surface area contributed by atoms with E-state index in [1.807, 2.05) is 6.21 Å². The third-order valence-electron chi connectivity index (χ3n) is 7.98. The Balaban J connectivity index is 1.41. The minimum Gasteiger partial charge on any atom is -0.394 e. The van der Waals surface area contributed by atoms with Crippen LogP contribution in [0.25, 0.3) is 5.70 Å². The highest BCUT2D eigenvalue weighted by Crippen LogP contribution is 2.56. The second kappa shape index (κ2) is 7.17. The summed E-state index contributed by atoms with van der Waals surface area (Å²) in [5.41, 5.74) is 6.17. The van der Waals surface area contributed by atoms with E-state index in [2.05, 4.69) is 15.3 Å². The van der Waals surface area contributed by atoms with Gasteiger partial charge in [-0.05, 0) is 44.4 Å². The molecule has 2 amide bonds. The summed E-state index contributed by atoms with van der Waals surface area (Å²) < 4.78 is 6.99. The van der Waals surface area contributed by atoms with Gasteiger partial charge in [0, 0.05) is 17.4 Å². The molecule has 3 heterocycles. The van der Waals surface area contributed by atoms with Gasteiger partial charge in [0.25, 0.3) is 5.82 Å². The maximum atomic E-state index is 13.5. The number of nitrogens with zero attached hydrogens (tertiary/aromatic N) is 3. The third kappa shape index (κ3) is 3.01. The molecule has 0 radical (unpaired) electrons. The van der Waals surface area contributed by atoms with Gasteiger partial charge in [0.05, 0.1) is 24.8 Å². The molecule has 1 saturated heterocycles. The highest BCUT2D eigenvalue weighted by Gasteiger charge is 2.59. The lowest BCUT2D eigenvalue weighted by Crippen LogP contribution is -2.45. The standard InChI is InChI=1S/C23H24ClN5O4/c24-18-16-20(29(21(32)26-16)10-22-8-12(22)9-33-11-22)28-19(27-18)15(25)13-4-3-7-23(17(13)31)6-2-1-5-14(23)30/h10,12H,1-9,11H2,(H2-,25,26,31,32)/p+1/b29-10-/t12?,22?,23-/m1/s1. The van der Waals surface area contributed by atoms with Gasteiger partial charge >= 0.3 is 11.8 Å². The smallest absolute Gasteiger partial charge is 0.394 e. The van der Waals surface area contributed by atoms with E-state index in [1.54, 1.807) is 0 Å². The summed E-state index contributed by atoms with van der Waals surface area (Å²) in [5.74, 6) is 0.644. The van der Waals surface area contributed by atoms with E-state index < -0.39 is 5.41 Å². The molecule has 0 bridgehead atoms. The summed E-state index contributed by atoms with van der Waals surface area (Å²) in [6.45, 7) is 1.26. The van der Waals surface area contributed by atoms with Crippen LogP contribution in [-0.4, -0.2) is 51.6 Å². The largest absolute Gasteiger partial charge is 0.446 e. The van der Waals surface area contributed by atoms with Gasteiger partial charge in [0.2, 0.25) is 5.69 Å². The topological polar surface area (TPSA) is 127 Å². The molecule has 172 valence electrons. The molecule has 10 heteroatoms. The van der Waals surface area contributed by atoms with E-state index in [-0.39, 0.29) is 39.7 Å². The normalized spacial score (nSPS) is 35.6. The SMILES string of the molecule is NC(=C1CCC[C@@]2(CCCCC2=O)C1=O)c1nc(Cl)c2c(n1)/[N+](=C/C13COCC1C3)C(=O)N2. The van der Waals surface area contributed by atoms with Crippen molar-refractivity contribution in [2.75, 3.05) is 18.5 Å². The van der Waals surface area contributed by atoms with Crippen LogP contribution in [0.3, 0.4) is 0 Å². The first-order valence-electron chi connectivity index (χ1n) is 11.5. The van der Waals surface area contributed by atoms with Crippen molar-refractivity contribution in [2.24, 2.45) is 22.5 Å². The maximum absolute atomic E-state index is 13.5. The average Bonchev–Trinajstić information content (AvgIpc) is 3.17. The second-order valence-corrected chi connectivity index (χ2v) is 10.3. The average molecular weight is 471 g/mol. The number of amides is 2. The third-order valence-corrected chi connectivity index (χ3v) is 8.25. The van der Waals surface area contributed by atoms with Gasteiger partial charge in [-0.3, -0.25) is 9.59 Å². The Labute approximate surface area is 195 Å². The first-order chi connectivity index (χ1) is 15.8. The van der Waals surface area contributed by atoms with Crippen LogP contribution in [0.2, 0.25) is 5.15 Å². The maximum Gasteiger partial charge on any atom is 0.446 e. The number of hydrogen-bond donors (Lipinski definition) is 2. The Kier molecular flexibility index (Phi) is 4.55. The van der Waals surface area contributed by atoms with E-state index in [1.165, 1.54) is 4.58 Å². The van der Waals surface area contributed by atoms with Crippen molar-refractivity contribution in [1.82, 2.24) is 9.97 Å². The Hall–Kier alpha value is -2.65. The number of anilines is 1. The van der Waals surface area contributed by atoms with Crippen molar-refractivity contribution >= 4 is 52.6 Å². The molecular weight excluding hydrogens is 446 g/mol. The predicted molar refractivity (Wildman–Crippen MR) is 119 cm³/mol. The van der Waals surface area contributed by atoms with Crippen molar-refractivity contribution < 1.29 is 23.7 Å². The van der Waals surface area contributed by atoms with Crippen molar-refractivity contribution in [1.29, 1.82) is 0 Å². The molecule has 0 aromatic carbocycles. The summed E-state index contributed by atoms with van der Waals surface area (Å²) in [5, 5.41) is 2.78. The molecule has 2 unspecified atom stereocenters. The van der Waals surface area contributed by atoms with Gasteiger partial charge < -0.3 is 10.5 Å². The highest BCUT2D eigenvalue weighted by atomic mass is 35.5. The molecule has 2 aliphatic heterocycles. The number of aromatic nitrogens is 2. The van der Waals surface area contributed by atoms with Gasteiger partial charge in [-0.2, -0.15) is 9.56 Å². The quantitative estimate of drug-likeness (QED) is 0.294. The van der Waals surface area contributed by atoms with Crippen LogP contribution in [0.15, 0.2) is 5.57 Å². The van der Waals surface area contributed by atoms with Gasteiger partial charge in [-0.1, -0.05) is 23.0 Å². The molecule has 9 nitrogen and oxygen atoms in total. The van der Waals surface area contributed by atoms with Gasteiger partial charge in [-0.15, -0.1) is 0 Å². The molecule has 4 fully saturated rings. The zero-order valence-electron chi connectivity index (χ0n) is 18.2. The molecule has 3 N–H and O–H groups in total. The first kappa shape index (κ1) is 20.9.